The Labute approximate surface area is 117 Å². The van der Waals surface area contributed by atoms with Crippen molar-refractivity contribution in [2.24, 2.45) is 5.84 Å². The number of hydrazine groups is 1. The molecular weight excluding hydrogens is 264 g/mol. The highest BCUT2D eigenvalue weighted by Crippen LogP contribution is 2.23. The zero-order chi connectivity index (χ0) is 14.7. The van der Waals surface area contributed by atoms with Crippen LogP contribution in [0.15, 0.2) is 6.07 Å². The minimum Gasteiger partial charge on any atom is -0.352 e. The average Bonchev–Trinajstić information content (AvgIpc) is 2.47. The minimum absolute atomic E-state index is 0.134. The number of aromatic nitrogens is 1. The van der Waals surface area contributed by atoms with E-state index in [1.165, 1.54) is 0 Å². The molecule has 1 atom stereocenters. The van der Waals surface area contributed by atoms with Crippen LogP contribution >= 0.6 is 0 Å². The summed E-state index contributed by atoms with van der Waals surface area (Å²) in [6, 6.07) is 1.34. The van der Waals surface area contributed by atoms with Gasteiger partial charge in [-0.25, -0.2) is 19.6 Å². The van der Waals surface area contributed by atoms with E-state index in [1.54, 1.807) is 0 Å². The molecule has 112 valence electrons. The van der Waals surface area contributed by atoms with Crippen molar-refractivity contribution in [3.05, 3.63) is 17.7 Å². The molecule has 1 aliphatic heterocycles. The smallest absolute Gasteiger partial charge is 0.178 e. The van der Waals surface area contributed by atoms with Crippen LogP contribution in [-0.2, 0) is 0 Å². The number of nitrogen functional groups attached to an aromatic ring is 1. The highest BCUT2D eigenvalue weighted by atomic mass is 19.1. The monoisotopic (exact) mass is 285 g/mol. The SMILES string of the molecule is CCC(C)N1CCN(c2nc(NN)c(F)cc2F)CC1. The first-order chi connectivity index (χ1) is 9.56. The fraction of sp³-hybridized carbons (Fsp3) is 0.615. The lowest BCUT2D eigenvalue weighted by Gasteiger charge is -2.38. The molecule has 0 aromatic carbocycles. The number of nitrogens with two attached hydrogens (primary N) is 1. The van der Waals surface area contributed by atoms with Gasteiger partial charge in [0, 0.05) is 38.3 Å². The molecule has 0 saturated carbocycles. The van der Waals surface area contributed by atoms with Gasteiger partial charge in [-0.1, -0.05) is 6.92 Å². The minimum atomic E-state index is -0.785. The summed E-state index contributed by atoms with van der Waals surface area (Å²) in [6.07, 6.45) is 1.09. The number of piperazine rings is 1. The molecule has 1 aromatic heterocycles. The van der Waals surface area contributed by atoms with Crippen LogP contribution in [0.2, 0.25) is 0 Å². The molecule has 0 spiro atoms. The van der Waals surface area contributed by atoms with Crippen molar-refractivity contribution in [2.75, 3.05) is 36.5 Å². The van der Waals surface area contributed by atoms with E-state index in [9.17, 15) is 8.78 Å². The summed E-state index contributed by atoms with van der Waals surface area (Å²) in [4.78, 5) is 8.11. The van der Waals surface area contributed by atoms with Crippen LogP contribution in [0.1, 0.15) is 20.3 Å². The van der Waals surface area contributed by atoms with Crippen LogP contribution in [0, 0.1) is 11.6 Å². The first-order valence-corrected chi connectivity index (χ1v) is 6.88. The quantitative estimate of drug-likeness (QED) is 0.649. The van der Waals surface area contributed by atoms with Gasteiger partial charge in [0.2, 0.25) is 0 Å². The highest BCUT2D eigenvalue weighted by molar-refractivity contribution is 5.49. The fourth-order valence-electron chi connectivity index (χ4n) is 2.41. The molecule has 1 aliphatic rings. The highest BCUT2D eigenvalue weighted by Gasteiger charge is 2.24. The number of hydrogen-bond acceptors (Lipinski definition) is 5. The van der Waals surface area contributed by atoms with Gasteiger partial charge in [0.1, 0.15) is 0 Å². The van der Waals surface area contributed by atoms with Crippen LogP contribution in [-0.4, -0.2) is 42.1 Å². The molecular formula is C13H21F2N5. The summed E-state index contributed by atoms with van der Waals surface area (Å²) in [5.41, 5.74) is 2.15. The Kier molecular flexibility index (Phi) is 4.72. The largest absolute Gasteiger partial charge is 0.352 e. The molecule has 1 saturated heterocycles. The number of rotatable bonds is 4. The lowest BCUT2D eigenvalue weighted by molar-refractivity contribution is 0.192. The number of nitrogens with one attached hydrogen (secondary N) is 1. The standard InChI is InChI=1S/C13H21F2N5/c1-3-9(2)19-4-6-20(7-5-19)13-11(15)8-10(14)12(17-13)18-16/h8-9H,3-7,16H2,1-2H3,(H,17,18). The van der Waals surface area contributed by atoms with Crippen molar-refractivity contribution >= 4 is 11.6 Å². The Morgan fingerprint density at radius 3 is 2.50 bits per heavy atom. The molecule has 0 radical (unpaired) electrons. The van der Waals surface area contributed by atoms with Crippen molar-refractivity contribution in [1.82, 2.24) is 9.88 Å². The van der Waals surface area contributed by atoms with E-state index in [1.807, 2.05) is 4.90 Å². The molecule has 5 nitrogen and oxygen atoms in total. The molecule has 0 aliphatic carbocycles. The zero-order valence-electron chi connectivity index (χ0n) is 11.9. The molecule has 0 bridgehead atoms. The third-order valence-corrected chi connectivity index (χ3v) is 3.88. The van der Waals surface area contributed by atoms with E-state index in [4.69, 9.17) is 5.84 Å². The summed E-state index contributed by atoms with van der Waals surface area (Å²) in [6.45, 7) is 7.37. The Bertz CT molecular complexity index is 460. The average molecular weight is 285 g/mol. The zero-order valence-corrected chi connectivity index (χ0v) is 11.9. The third-order valence-electron chi connectivity index (χ3n) is 3.88. The Balaban J connectivity index is 2.10. The van der Waals surface area contributed by atoms with E-state index in [2.05, 4.69) is 29.2 Å². The lowest BCUT2D eigenvalue weighted by atomic mass is 10.2. The van der Waals surface area contributed by atoms with Crippen molar-refractivity contribution in [1.29, 1.82) is 0 Å². The molecule has 0 amide bonds. The summed E-state index contributed by atoms with van der Waals surface area (Å²) >= 11 is 0. The first-order valence-electron chi connectivity index (χ1n) is 6.88. The van der Waals surface area contributed by atoms with Crippen LogP contribution < -0.4 is 16.2 Å². The Morgan fingerprint density at radius 1 is 1.30 bits per heavy atom. The van der Waals surface area contributed by atoms with Crippen molar-refractivity contribution in [2.45, 2.75) is 26.3 Å². The maximum absolute atomic E-state index is 13.8. The summed E-state index contributed by atoms with van der Waals surface area (Å²) in [5, 5.41) is 0. The second kappa shape index (κ2) is 6.32. The van der Waals surface area contributed by atoms with E-state index >= 15 is 0 Å². The van der Waals surface area contributed by atoms with Gasteiger partial charge in [-0.05, 0) is 13.3 Å². The molecule has 7 heteroatoms. The summed E-state index contributed by atoms with van der Waals surface area (Å²) in [7, 11) is 0. The molecule has 2 rings (SSSR count). The number of nitrogens with zero attached hydrogens (tertiary/aromatic N) is 3. The van der Waals surface area contributed by atoms with Gasteiger partial charge in [-0.3, -0.25) is 4.90 Å². The maximum Gasteiger partial charge on any atom is 0.178 e. The lowest BCUT2D eigenvalue weighted by Crippen LogP contribution is -2.50. The predicted molar refractivity (Wildman–Crippen MR) is 75.5 cm³/mol. The number of pyridine rings is 1. The topological polar surface area (TPSA) is 57.4 Å². The number of hydrogen-bond donors (Lipinski definition) is 2. The van der Waals surface area contributed by atoms with Gasteiger partial charge in [0.25, 0.3) is 0 Å². The van der Waals surface area contributed by atoms with Gasteiger partial charge in [0.05, 0.1) is 0 Å². The van der Waals surface area contributed by atoms with Crippen LogP contribution in [0.5, 0.6) is 0 Å². The predicted octanol–water partition coefficient (Wildman–Crippen LogP) is 1.57. The van der Waals surface area contributed by atoms with Gasteiger partial charge < -0.3 is 10.3 Å². The van der Waals surface area contributed by atoms with E-state index in [0.717, 1.165) is 25.6 Å². The molecule has 20 heavy (non-hydrogen) atoms. The third kappa shape index (κ3) is 2.99. The van der Waals surface area contributed by atoms with Crippen LogP contribution in [0.4, 0.5) is 20.4 Å². The van der Waals surface area contributed by atoms with Gasteiger partial charge >= 0.3 is 0 Å². The number of halogens is 2. The van der Waals surface area contributed by atoms with E-state index in [-0.39, 0.29) is 11.6 Å². The number of anilines is 2. The normalized spacial score (nSPS) is 18.1. The molecule has 1 fully saturated rings. The van der Waals surface area contributed by atoms with Gasteiger partial charge in [-0.15, -0.1) is 0 Å². The Morgan fingerprint density at radius 2 is 1.95 bits per heavy atom. The van der Waals surface area contributed by atoms with Gasteiger partial charge in [0.15, 0.2) is 23.3 Å². The first kappa shape index (κ1) is 14.9. The molecule has 1 unspecified atom stereocenters. The van der Waals surface area contributed by atoms with Crippen molar-refractivity contribution in [3.8, 4) is 0 Å². The summed E-state index contributed by atoms with van der Waals surface area (Å²) < 4.78 is 27.2. The van der Waals surface area contributed by atoms with Crippen LogP contribution in [0.3, 0.4) is 0 Å². The second-order valence-electron chi connectivity index (χ2n) is 5.05. The molecule has 1 aromatic rings. The molecule has 3 N–H and O–H groups in total. The van der Waals surface area contributed by atoms with E-state index < -0.39 is 11.6 Å². The molecule has 2 heterocycles. The summed E-state index contributed by atoms with van der Waals surface area (Å²) in [5.74, 6) is 3.76. The van der Waals surface area contributed by atoms with Crippen molar-refractivity contribution in [3.63, 3.8) is 0 Å². The second-order valence-corrected chi connectivity index (χ2v) is 5.05. The fourth-order valence-corrected chi connectivity index (χ4v) is 2.41. The maximum atomic E-state index is 13.8. The van der Waals surface area contributed by atoms with E-state index in [0.29, 0.717) is 19.1 Å². The van der Waals surface area contributed by atoms with Crippen LogP contribution in [0.25, 0.3) is 0 Å². The Hall–Kier alpha value is -1.47. The van der Waals surface area contributed by atoms with Gasteiger partial charge in [-0.2, -0.15) is 0 Å². The van der Waals surface area contributed by atoms with Crippen molar-refractivity contribution < 1.29 is 8.78 Å².